The lowest BCUT2D eigenvalue weighted by atomic mass is 10.2. The van der Waals surface area contributed by atoms with Crippen LogP contribution in [-0.2, 0) is 11.3 Å². The number of carbonyl (C=O) groups excluding carboxylic acids is 1. The van der Waals surface area contributed by atoms with E-state index in [-0.39, 0.29) is 5.91 Å². The second-order valence-electron chi connectivity index (χ2n) is 2.94. The number of thiazole rings is 1. The largest absolute Gasteiger partial charge is 0.325 e. The van der Waals surface area contributed by atoms with Crippen molar-refractivity contribution >= 4 is 23.0 Å². The van der Waals surface area contributed by atoms with Crippen LogP contribution in [0.5, 0.6) is 0 Å². The number of carbonyl (C=O) groups is 1. The quantitative estimate of drug-likeness (QED) is 0.732. The Morgan fingerprint density at radius 2 is 2.43 bits per heavy atom. The summed E-state index contributed by atoms with van der Waals surface area (Å²) in [5.74, 6) is -0.0376. The van der Waals surface area contributed by atoms with E-state index >= 15 is 0 Å². The molecule has 1 aliphatic heterocycles. The third-order valence-electron chi connectivity index (χ3n) is 1.91. The maximum absolute atomic E-state index is 10.8. The van der Waals surface area contributed by atoms with Crippen LogP contribution in [0.3, 0.4) is 0 Å². The highest BCUT2D eigenvalue weighted by atomic mass is 32.1. The van der Waals surface area contributed by atoms with E-state index in [2.05, 4.69) is 15.5 Å². The molecule has 0 aromatic carbocycles. The van der Waals surface area contributed by atoms with E-state index in [9.17, 15) is 4.79 Å². The molecule has 3 N–H and O–H groups in total. The van der Waals surface area contributed by atoms with Gasteiger partial charge in [-0.3, -0.25) is 4.79 Å². The van der Waals surface area contributed by atoms with Crippen molar-refractivity contribution in [2.45, 2.75) is 19.4 Å². The highest BCUT2D eigenvalue weighted by Crippen LogP contribution is 2.14. The molecule has 0 radical (unpaired) electrons. The highest BCUT2D eigenvalue weighted by Gasteiger charge is 2.15. The minimum Gasteiger partial charge on any atom is -0.325 e. The van der Waals surface area contributed by atoms with Crippen molar-refractivity contribution in [2.75, 3.05) is 0 Å². The number of rotatable bonds is 2. The first-order valence-electron chi connectivity index (χ1n) is 4.30. The lowest BCUT2D eigenvalue weighted by Gasteiger charge is -2.08. The number of nitrogens with zero attached hydrogens (tertiary/aromatic N) is 2. The highest BCUT2D eigenvalue weighted by molar-refractivity contribution is 7.11. The maximum Gasteiger partial charge on any atom is 0.240 e. The third kappa shape index (κ3) is 1.80. The van der Waals surface area contributed by atoms with Crippen LogP contribution in [0.4, 0.5) is 0 Å². The average Bonchev–Trinajstić information content (AvgIpc) is 2.67. The van der Waals surface area contributed by atoms with Crippen LogP contribution in [0, 0.1) is 0 Å². The molecule has 6 heteroatoms. The summed E-state index contributed by atoms with van der Waals surface area (Å²) >= 11 is 1.51. The Bertz CT molecular complexity index is 384. The van der Waals surface area contributed by atoms with Gasteiger partial charge in [-0.15, -0.1) is 11.3 Å². The lowest BCUT2D eigenvalue weighted by Crippen LogP contribution is -2.25. The minimum absolute atomic E-state index is 0.0376. The number of hydrazone groups is 1. The standard InChI is InChI=1S/C8H10N4OS/c9-3-5-4-14-8(10-5)6-1-2-7(13)12-11-6/h4H,1-3,9H2,(H,12,13). The van der Waals surface area contributed by atoms with Gasteiger partial charge in [0.05, 0.1) is 11.4 Å². The molecule has 0 saturated carbocycles. The van der Waals surface area contributed by atoms with Crippen LogP contribution in [-0.4, -0.2) is 16.6 Å². The molecule has 1 aromatic heterocycles. The molecule has 74 valence electrons. The van der Waals surface area contributed by atoms with Gasteiger partial charge in [0.15, 0.2) is 0 Å². The van der Waals surface area contributed by atoms with Crippen molar-refractivity contribution in [3.8, 4) is 0 Å². The van der Waals surface area contributed by atoms with E-state index in [1.807, 2.05) is 5.38 Å². The Balaban J connectivity index is 2.19. The first-order valence-corrected chi connectivity index (χ1v) is 5.18. The Morgan fingerprint density at radius 1 is 1.57 bits per heavy atom. The molecule has 0 aliphatic carbocycles. The van der Waals surface area contributed by atoms with Gasteiger partial charge in [-0.05, 0) is 0 Å². The van der Waals surface area contributed by atoms with Crippen LogP contribution in [0.2, 0.25) is 0 Å². The van der Waals surface area contributed by atoms with Crippen molar-refractivity contribution < 1.29 is 4.79 Å². The average molecular weight is 210 g/mol. The fraction of sp³-hybridized carbons (Fsp3) is 0.375. The van der Waals surface area contributed by atoms with Gasteiger partial charge in [0, 0.05) is 24.8 Å². The molecular weight excluding hydrogens is 200 g/mol. The smallest absolute Gasteiger partial charge is 0.240 e. The summed E-state index contributed by atoms with van der Waals surface area (Å²) in [5.41, 5.74) is 9.60. The van der Waals surface area contributed by atoms with E-state index in [1.54, 1.807) is 0 Å². The fourth-order valence-corrected chi connectivity index (χ4v) is 2.01. The van der Waals surface area contributed by atoms with Gasteiger partial charge < -0.3 is 5.73 Å². The van der Waals surface area contributed by atoms with E-state index in [0.29, 0.717) is 19.4 Å². The van der Waals surface area contributed by atoms with Crippen molar-refractivity contribution in [3.63, 3.8) is 0 Å². The topological polar surface area (TPSA) is 80.4 Å². The first kappa shape index (κ1) is 9.29. The summed E-state index contributed by atoms with van der Waals surface area (Å²) in [6.45, 7) is 0.441. The van der Waals surface area contributed by atoms with Gasteiger partial charge in [-0.2, -0.15) is 5.10 Å². The third-order valence-corrected chi connectivity index (χ3v) is 2.85. The van der Waals surface area contributed by atoms with Gasteiger partial charge in [0.1, 0.15) is 5.01 Å². The lowest BCUT2D eigenvalue weighted by molar-refractivity contribution is -0.121. The van der Waals surface area contributed by atoms with Crippen molar-refractivity contribution in [2.24, 2.45) is 10.8 Å². The Kier molecular flexibility index (Phi) is 2.55. The number of nitrogens with two attached hydrogens (primary N) is 1. The molecule has 1 aromatic rings. The zero-order chi connectivity index (χ0) is 9.97. The number of hydrogen-bond acceptors (Lipinski definition) is 5. The van der Waals surface area contributed by atoms with E-state index in [4.69, 9.17) is 5.73 Å². The molecule has 2 rings (SSSR count). The normalized spacial score (nSPS) is 16.4. The zero-order valence-corrected chi connectivity index (χ0v) is 8.30. The molecule has 0 fully saturated rings. The van der Waals surface area contributed by atoms with Crippen LogP contribution in [0.1, 0.15) is 23.5 Å². The number of aromatic nitrogens is 1. The summed E-state index contributed by atoms with van der Waals surface area (Å²) in [4.78, 5) is 15.1. The fourth-order valence-electron chi connectivity index (χ4n) is 1.16. The predicted octanol–water partition coefficient (Wildman–Crippen LogP) is 0.216. The number of nitrogens with one attached hydrogen (secondary N) is 1. The molecule has 1 aliphatic rings. The van der Waals surface area contributed by atoms with Gasteiger partial charge in [-0.25, -0.2) is 10.4 Å². The van der Waals surface area contributed by atoms with E-state index < -0.39 is 0 Å². The molecule has 0 spiro atoms. The Hall–Kier alpha value is -1.27. The van der Waals surface area contributed by atoms with Gasteiger partial charge in [-0.1, -0.05) is 0 Å². The first-order chi connectivity index (χ1) is 6.79. The van der Waals surface area contributed by atoms with Crippen LogP contribution in [0.15, 0.2) is 10.5 Å². The second-order valence-corrected chi connectivity index (χ2v) is 3.80. The van der Waals surface area contributed by atoms with Gasteiger partial charge >= 0.3 is 0 Å². The molecule has 0 atom stereocenters. The molecule has 1 amide bonds. The minimum atomic E-state index is -0.0376. The predicted molar refractivity (Wildman–Crippen MR) is 53.9 cm³/mol. The van der Waals surface area contributed by atoms with Crippen molar-refractivity contribution in [1.82, 2.24) is 10.4 Å². The molecular formula is C8H10N4OS. The van der Waals surface area contributed by atoms with Crippen LogP contribution in [0.25, 0.3) is 0 Å². The number of amides is 1. The zero-order valence-electron chi connectivity index (χ0n) is 7.49. The molecule has 0 bridgehead atoms. The summed E-state index contributed by atoms with van der Waals surface area (Å²) in [6, 6.07) is 0. The van der Waals surface area contributed by atoms with Crippen LogP contribution < -0.4 is 11.2 Å². The van der Waals surface area contributed by atoms with Gasteiger partial charge in [0.2, 0.25) is 5.91 Å². The van der Waals surface area contributed by atoms with E-state index in [0.717, 1.165) is 16.4 Å². The Morgan fingerprint density at radius 3 is 3.00 bits per heavy atom. The van der Waals surface area contributed by atoms with Crippen LogP contribution >= 0.6 is 11.3 Å². The molecule has 5 nitrogen and oxygen atoms in total. The summed E-state index contributed by atoms with van der Waals surface area (Å²) in [7, 11) is 0. The van der Waals surface area contributed by atoms with Crippen molar-refractivity contribution in [3.05, 3.63) is 16.1 Å². The monoisotopic (exact) mass is 210 g/mol. The molecule has 14 heavy (non-hydrogen) atoms. The van der Waals surface area contributed by atoms with Crippen molar-refractivity contribution in [1.29, 1.82) is 0 Å². The number of hydrogen-bond donors (Lipinski definition) is 2. The summed E-state index contributed by atoms with van der Waals surface area (Å²) in [6.07, 6.45) is 1.14. The Labute approximate surface area is 85.0 Å². The van der Waals surface area contributed by atoms with Gasteiger partial charge in [0.25, 0.3) is 0 Å². The van der Waals surface area contributed by atoms with E-state index in [1.165, 1.54) is 11.3 Å². The summed E-state index contributed by atoms with van der Waals surface area (Å²) < 4.78 is 0. The second kappa shape index (κ2) is 3.85. The maximum atomic E-state index is 10.8. The molecule has 0 saturated heterocycles. The SMILES string of the molecule is NCc1csc(C2=NNC(=O)CC2)n1. The molecule has 2 heterocycles. The molecule has 0 unspecified atom stereocenters. The summed E-state index contributed by atoms with van der Waals surface area (Å²) in [5, 5.41) is 6.72.